The van der Waals surface area contributed by atoms with Crippen LogP contribution in [0.15, 0.2) is 23.3 Å². The Morgan fingerprint density at radius 1 is 1.52 bits per heavy atom. The number of rotatable bonds is 7. The second-order valence-electron chi connectivity index (χ2n) is 6.88. The number of nitrogens with two attached hydrogens (primary N) is 1. The highest BCUT2D eigenvalue weighted by molar-refractivity contribution is 8.04. The average Bonchev–Trinajstić information content (AvgIpc) is 3.10. The van der Waals surface area contributed by atoms with Crippen LogP contribution >= 0.6 is 11.8 Å². The molecule has 10 heteroatoms. The fourth-order valence-corrected chi connectivity index (χ4v) is 5.32. The van der Waals surface area contributed by atoms with Gasteiger partial charge in [-0.15, -0.1) is 11.8 Å². The number of esters is 1. The van der Waals surface area contributed by atoms with Gasteiger partial charge in [-0.2, -0.15) is 0 Å². The van der Waals surface area contributed by atoms with Crippen molar-refractivity contribution in [2.75, 3.05) is 19.7 Å². The Kier molecular flexibility index (Phi) is 5.61. The van der Waals surface area contributed by atoms with E-state index in [1.165, 1.54) is 29.7 Å². The van der Waals surface area contributed by atoms with E-state index in [0.717, 1.165) is 0 Å². The minimum absolute atomic E-state index is 0.000845. The molecule has 0 aliphatic carbocycles. The molecule has 0 aromatic carbocycles. The second-order valence-corrected chi connectivity index (χ2v) is 8.09. The molecule has 0 spiro atoms. The lowest BCUT2D eigenvalue weighted by atomic mass is 9.92. The molecular formula is C17H23N3O6S. The van der Waals surface area contributed by atoms with Crippen molar-refractivity contribution in [3.05, 3.63) is 23.3 Å². The van der Waals surface area contributed by atoms with Crippen molar-refractivity contribution in [2.24, 2.45) is 11.7 Å². The van der Waals surface area contributed by atoms with E-state index in [9.17, 15) is 24.6 Å². The van der Waals surface area contributed by atoms with Crippen LogP contribution in [0, 0.1) is 5.92 Å². The average molecular weight is 397 g/mol. The van der Waals surface area contributed by atoms with E-state index in [1.54, 1.807) is 4.90 Å². The Bertz CT molecular complexity index is 709. The lowest BCUT2D eigenvalue weighted by molar-refractivity contribution is -0.158. The molecule has 0 radical (unpaired) electrons. The van der Waals surface area contributed by atoms with Crippen molar-refractivity contribution in [3.63, 3.8) is 0 Å². The van der Waals surface area contributed by atoms with Gasteiger partial charge in [-0.3, -0.25) is 19.4 Å². The monoisotopic (exact) mass is 397 g/mol. The van der Waals surface area contributed by atoms with Gasteiger partial charge in [-0.05, 0) is 13.3 Å². The van der Waals surface area contributed by atoms with Gasteiger partial charge in [-0.25, -0.2) is 4.79 Å². The minimum Gasteiger partial charge on any atom is -0.457 e. The van der Waals surface area contributed by atoms with Gasteiger partial charge in [-0.1, -0.05) is 12.7 Å². The highest BCUT2D eigenvalue weighted by Gasteiger charge is 2.58. The standard InChI is InChI=1S/C17H23N3O6S/c1-3-4-26-17(25)13-11(7-19-6-9(22)5-10(19)14(18)23)27-16-12(8(2)21)15(24)20(13)16/h3,8-10,12,16,21-22H,1,4-7H2,2H3,(H2,18,23)/t8-,9-,10+,12+,16-/m1/s1. The molecular weight excluding hydrogens is 374 g/mol. The number of likely N-dealkylation sites (tertiary alicyclic amines) is 1. The molecule has 27 heavy (non-hydrogen) atoms. The first-order valence-electron chi connectivity index (χ1n) is 8.66. The number of thioether (sulfide) groups is 1. The van der Waals surface area contributed by atoms with Crippen LogP contribution in [-0.2, 0) is 19.1 Å². The normalized spacial score (nSPS) is 31.5. The van der Waals surface area contributed by atoms with Gasteiger partial charge in [0.2, 0.25) is 11.8 Å². The smallest absolute Gasteiger partial charge is 0.356 e. The molecule has 5 atom stereocenters. The van der Waals surface area contributed by atoms with Crippen LogP contribution in [0.2, 0.25) is 0 Å². The molecule has 148 valence electrons. The summed E-state index contributed by atoms with van der Waals surface area (Å²) in [6, 6.07) is -0.643. The molecule has 0 aromatic rings. The summed E-state index contributed by atoms with van der Waals surface area (Å²) < 4.78 is 5.12. The van der Waals surface area contributed by atoms with Gasteiger partial charge in [0.15, 0.2) is 0 Å². The number of hydrogen-bond acceptors (Lipinski definition) is 8. The first-order valence-corrected chi connectivity index (χ1v) is 9.54. The van der Waals surface area contributed by atoms with Crippen LogP contribution in [0.5, 0.6) is 0 Å². The first kappa shape index (κ1) is 19.9. The van der Waals surface area contributed by atoms with Gasteiger partial charge in [0.25, 0.3) is 0 Å². The first-order chi connectivity index (χ1) is 12.8. The maximum atomic E-state index is 12.5. The predicted molar refractivity (Wildman–Crippen MR) is 96.8 cm³/mol. The number of aliphatic hydroxyl groups excluding tert-OH is 2. The molecule has 0 bridgehead atoms. The van der Waals surface area contributed by atoms with E-state index in [-0.39, 0.29) is 37.7 Å². The number of β-lactam (4-membered cyclic amide) rings is 1. The molecule has 2 amide bonds. The summed E-state index contributed by atoms with van der Waals surface area (Å²) in [5.41, 5.74) is 5.54. The Balaban J connectivity index is 1.86. The van der Waals surface area contributed by atoms with Crippen LogP contribution in [-0.4, -0.2) is 81.1 Å². The van der Waals surface area contributed by atoms with Crippen molar-refractivity contribution in [2.45, 2.75) is 37.0 Å². The van der Waals surface area contributed by atoms with Gasteiger partial charge in [0, 0.05) is 18.0 Å². The zero-order chi connectivity index (χ0) is 19.9. The molecule has 4 N–H and O–H groups in total. The topological polar surface area (TPSA) is 133 Å². The van der Waals surface area contributed by atoms with E-state index in [4.69, 9.17) is 10.5 Å². The number of hydrogen-bond donors (Lipinski definition) is 3. The number of carbonyl (C=O) groups is 3. The number of amides is 2. The van der Waals surface area contributed by atoms with Crippen LogP contribution < -0.4 is 5.73 Å². The van der Waals surface area contributed by atoms with Crippen LogP contribution in [0.25, 0.3) is 0 Å². The summed E-state index contributed by atoms with van der Waals surface area (Å²) in [4.78, 5) is 40.2. The zero-order valence-electron chi connectivity index (χ0n) is 14.9. The zero-order valence-corrected chi connectivity index (χ0v) is 15.7. The molecule has 2 fully saturated rings. The van der Waals surface area contributed by atoms with Gasteiger partial charge in [0.1, 0.15) is 17.7 Å². The molecule has 3 heterocycles. The van der Waals surface area contributed by atoms with Crippen LogP contribution in [0.3, 0.4) is 0 Å². The Hall–Kier alpha value is -1.88. The summed E-state index contributed by atoms with van der Waals surface area (Å²) in [5, 5.41) is 19.4. The highest BCUT2D eigenvalue weighted by Crippen LogP contribution is 2.50. The molecule has 3 aliphatic rings. The minimum atomic E-state index is -0.844. The molecule has 3 aliphatic heterocycles. The van der Waals surface area contributed by atoms with E-state index in [0.29, 0.717) is 4.91 Å². The van der Waals surface area contributed by atoms with Crippen molar-refractivity contribution < 1.29 is 29.3 Å². The van der Waals surface area contributed by atoms with Crippen molar-refractivity contribution in [1.29, 1.82) is 0 Å². The number of carbonyl (C=O) groups excluding carboxylic acids is 3. The molecule has 2 saturated heterocycles. The van der Waals surface area contributed by atoms with E-state index >= 15 is 0 Å². The summed E-state index contributed by atoms with van der Waals surface area (Å²) in [7, 11) is 0. The maximum Gasteiger partial charge on any atom is 0.356 e. The largest absolute Gasteiger partial charge is 0.457 e. The number of nitrogens with zero attached hydrogens (tertiary/aromatic N) is 2. The van der Waals surface area contributed by atoms with E-state index in [1.807, 2.05) is 0 Å². The van der Waals surface area contributed by atoms with Gasteiger partial charge >= 0.3 is 5.97 Å². The Morgan fingerprint density at radius 3 is 2.81 bits per heavy atom. The third-order valence-corrected chi connectivity index (χ3v) is 6.31. The fourth-order valence-electron chi connectivity index (χ4n) is 3.69. The SMILES string of the molecule is C=CCOC(=O)C1=C(CN2C[C@H](O)C[C@H]2C(N)=O)S[C@@H]2[C@@H]([C@@H](C)O)C(=O)N12. The molecule has 3 rings (SSSR count). The number of primary amides is 1. The third-order valence-electron chi connectivity index (χ3n) is 4.95. The number of ether oxygens (including phenoxy) is 1. The summed E-state index contributed by atoms with van der Waals surface area (Å²) in [5.74, 6) is -2.15. The van der Waals surface area contributed by atoms with Crippen molar-refractivity contribution >= 4 is 29.5 Å². The third kappa shape index (κ3) is 3.49. The molecule has 0 unspecified atom stereocenters. The Labute approximate surface area is 160 Å². The van der Waals surface area contributed by atoms with Crippen LogP contribution in [0.4, 0.5) is 0 Å². The summed E-state index contributed by atoms with van der Waals surface area (Å²) in [6.45, 7) is 5.46. The van der Waals surface area contributed by atoms with Gasteiger partial charge in [0.05, 0.1) is 24.2 Å². The van der Waals surface area contributed by atoms with Crippen molar-refractivity contribution in [3.8, 4) is 0 Å². The van der Waals surface area contributed by atoms with E-state index < -0.39 is 41.4 Å². The quantitative estimate of drug-likeness (QED) is 0.276. The Morgan fingerprint density at radius 2 is 2.22 bits per heavy atom. The molecule has 0 saturated carbocycles. The van der Waals surface area contributed by atoms with Crippen molar-refractivity contribution in [1.82, 2.24) is 9.80 Å². The van der Waals surface area contributed by atoms with Gasteiger partial charge < -0.3 is 20.7 Å². The van der Waals surface area contributed by atoms with E-state index in [2.05, 4.69) is 6.58 Å². The number of β-amino-alcohol motifs (C(OH)–C–C–N with tert-alkyl or cyclic N) is 1. The lowest BCUT2D eigenvalue weighted by Crippen LogP contribution is -2.60. The lowest BCUT2D eigenvalue weighted by Gasteiger charge is -2.43. The summed E-state index contributed by atoms with van der Waals surface area (Å²) in [6.07, 6.45) is 0.123. The highest BCUT2D eigenvalue weighted by atomic mass is 32.2. The molecule has 9 nitrogen and oxygen atoms in total. The summed E-state index contributed by atoms with van der Waals surface area (Å²) >= 11 is 1.29. The van der Waals surface area contributed by atoms with Crippen LogP contribution in [0.1, 0.15) is 13.3 Å². The number of aliphatic hydroxyl groups is 2. The fraction of sp³-hybridized carbons (Fsp3) is 0.588. The predicted octanol–water partition coefficient (Wildman–Crippen LogP) is -1.24. The second kappa shape index (κ2) is 7.63. The number of fused-ring (bicyclic) bond motifs is 1. The maximum absolute atomic E-state index is 12.5. The molecule has 0 aromatic heterocycles.